The van der Waals surface area contributed by atoms with Crippen molar-refractivity contribution >= 4 is 28.9 Å². The highest BCUT2D eigenvalue weighted by Gasteiger charge is 2.11. The van der Waals surface area contributed by atoms with Crippen LogP contribution in [-0.4, -0.2) is 35.4 Å². The summed E-state index contributed by atoms with van der Waals surface area (Å²) in [5.41, 5.74) is 4.96. The third kappa shape index (κ3) is 4.65. The van der Waals surface area contributed by atoms with E-state index >= 15 is 0 Å². The van der Waals surface area contributed by atoms with Crippen LogP contribution in [0, 0.1) is 0 Å². The molecular weight excluding hydrogens is 408 g/mol. The van der Waals surface area contributed by atoms with E-state index in [0.717, 1.165) is 16.3 Å². The second-order valence-corrected chi connectivity index (χ2v) is 6.93. The first-order valence-corrected chi connectivity index (χ1v) is 9.78. The molecule has 8 nitrogen and oxygen atoms in total. The van der Waals surface area contributed by atoms with E-state index in [1.807, 2.05) is 42.5 Å². The van der Waals surface area contributed by atoms with Crippen LogP contribution in [0.5, 0.6) is 11.5 Å². The molecule has 0 aliphatic rings. The fourth-order valence-corrected chi connectivity index (χ4v) is 3.16. The van der Waals surface area contributed by atoms with Crippen molar-refractivity contribution in [3.8, 4) is 22.8 Å². The number of nitrogens with one attached hydrogen (secondary N) is 2. The van der Waals surface area contributed by atoms with E-state index in [2.05, 4.69) is 20.7 Å². The molecule has 0 saturated heterocycles. The van der Waals surface area contributed by atoms with Crippen molar-refractivity contribution in [2.75, 3.05) is 7.11 Å². The van der Waals surface area contributed by atoms with E-state index in [1.54, 1.807) is 24.3 Å². The maximum atomic E-state index is 12.4. The van der Waals surface area contributed by atoms with Crippen molar-refractivity contribution < 1.29 is 19.1 Å². The summed E-state index contributed by atoms with van der Waals surface area (Å²) >= 11 is 0. The lowest BCUT2D eigenvalue weighted by molar-refractivity contribution is -0.132. The number of carbonyl (C=O) groups is 2. The van der Waals surface area contributed by atoms with Gasteiger partial charge in [-0.1, -0.05) is 36.4 Å². The summed E-state index contributed by atoms with van der Waals surface area (Å²) in [7, 11) is 1.47. The monoisotopic (exact) mass is 428 g/mol. The fourth-order valence-electron chi connectivity index (χ4n) is 3.16. The Morgan fingerprint density at radius 2 is 1.81 bits per heavy atom. The third-order valence-electron chi connectivity index (χ3n) is 4.69. The molecule has 1 heterocycles. The van der Waals surface area contributed by atoms with Crippen molar-refractivity contribution in [1.29, 1.82) is 0 Å². The van der Waals surface area contributed by atoms with Gasteiger partial charge in [-0.15, -0.1) is 0 Å². The molecule has 4 rings (SSSR count). The van der Waals surface area contributed by atoms with Gasteiger partial charge in [-0.3, -0.25) is 14.7 Å². The number of hydrogen-bond donors (Lipinski definition) is 2. The van der Waals surface area contributed by atoms with Crippen molar-refractivity contribution in [1.82, 2.24) is 15.6 Å². The molecule has 32 heavy (non-hydrogen) atoms. The maximum absolute atomic E-state index is 12.4. The average molecular weight is 428 g/mol. The number of hydrazone groups is 1. The molecule has 4 aromatic rings. The van der Waals surface area contributed by atoms with E-state index in [9.17, 15) is 9.59 Å². The summed E-state index contributed by atoms with van der Waals surface area (Å²) in [6.07, 6.45) is 1.46. The molecule has 0 spiro atoms. The number of benzene rings is 3. The zero-order valence-electron chi connectivity index (χ0n) is 17.5. The zero-order valence-corrected chi connectivity index (χ0v) is 17.5. The first kappa shape index (κ1) is 20.8. The Bertz CT molecular complexity index is 1330. The predicted octanol–water partition coefficient (Wildman–Crippen LogP) is 3.93. The zero-order chi connectivity index (χ0) is 22.5. The molecule has 8 heteroatoms. The molecule has 0 unspecified atom stereocenters. The number of methoxy groups -OCH3 is 1. The number of esters is 1. The van der Waals surface area contributed by atoms with Gasteiger partial charge in [0, 0.05) is 12.5 Å². The first-order chi connectivity index (χ1) is 15.5. The van der Waals surface area contributed by atoms with Gasteiger partial charge < -0.3 is 9.47 Å². The number of rotatable bonds is 6. The minimum Gasteiger partial charge on any atom is -0.493 e. The van der Waals surface area contributed by atoms with Crippen LogP contribution >= 0.6 is 0 Å². The van der Waals surface area contributed by atoms with Crippen molar-refractivity contribution in [3.63, 3.8) is 0 Å². The second kappa shape index (κ2) is 9.13. The second-order valence-electron chi connectivity index (χ2n) is 6.93. The lowest BCUT2D eigenvalue weighted by Gasteiger charge is -2.08. The number of aromatic nitrogens is 2. The number of amides is 1. The molecule has 0 fully saturated rings. The smallest absolute Gasteiger partial charge is 0.308 e. The third-order valence-corrected chi connectivity index (χ3v) is 4.69. The number of aromatic amines is 1. The number of fused-ring (bicyclic) bond motifs is 1. The molecule has 0 saturated carbocycles. The molecule has 160 valence electrons. The van der Waals surface area contributed by atoms with Gasteiger partial charge in [0.2, 0.25) is 0 Å². The van der Waals surface area contributed by atoms with Crippen LogP contribution in [0.15, 0.2) is 71.8 Å². The van der Waals surface area contributed by atoms with Gasteiger partial charge in [0.05, 0.1) is 19.0 Å². The fraction of sp³-hybridized carbons (Fsp3) is 0.0833. The normalized spacial score (nSPS) is 10.9. The van der Waals surface area contributed by atoms with Crippen LogP contribution in [0.2, 0.25) is 0 Å². The summed E-state index contributed by atoms with van der Waals surface area (Å²) in [6.45, 7) is 1.31. The van der Waals surface area contributed by atoms with Crippen LogP contribution in [0.3, 0.4) is 0 Å². The highest BCUT2D eigenvalue weighted by Crippen LogP contribution is 2.27. The lowest BCUT2D eigenvalue weighted by Crippen LogP contribution is -2.18. The molecule has 0 bridgehead atoms. The molecular formula is C24H20N4O4. The van der Waals surface area contributed by atoms with Gasteiger partial charge in [-0.25, -0.2) is 5.43 Å². The maximum Gasteiger partial charge on any atom is 0.308 e. The number of H-pyrrole nitrogens is 1. The number of carbonyl (C=O) groups excluding carboxylic acids is 2. The largest absolute Gasteiger partial charge is 0.493 e. The summed E-state index contributed by atoms with van der Waals surface area (Å²) in [5.74, 6) is -0.187. The van der Waals surface area contributed by atoms with Crippen LogP contribution in [-0.2, 0) is 4.79 Å². The number of hydrogen-bond acceptors (Lipinski definition) is 6. The van der Waals surface area contributed by atoms with E-state index in [1.165, 1.54) is 20.2 Å². The van der Waals surface area contributed by atoms with Crippen molar-refractivity contribution in [2.24, 2.45) is 5.10 Å². The van der Waals surface area contributed by atoms with E-state index < -0.39 is 11.9 Å². The summed E-state index contributed by atoms with van der Waals surface area (Å²) in [4.78, 5) is 23.6. The molecule has 2 N–H and O–H groups in total. The highest BCUT2D eigenvalue weighted by atomic mass is 16.6. The van der Waals surface area contributed by atoms with E-state index in [4.69, 9.17) is 9.47 Å². The molecule has 1 aromatic heterocycles. The molecule has 0 aliphatic heterocycles. The van der Waals surface area contributed by atoms with Crippen LogP contribution in [0.25, 0.3) is 22.0 Å². The molecule has 0 atom stereocenters. The van der Waals surface area contributed by atoms with Gasteiger partial charge >= 0.3 is 5.97 Å². The summed E-state index contributed by atoms with van der Waals surface area (Å²) < 4.78 is 10.3. The van der Waals surface area contributed by atoms with Crippen LogP contribution in [0.4, 0.5) is 0 Å². The van der Waals surface area contributed by atoms with Crippen molar-refractivity contribution in [2.45, 2.75) is 6.92 Å². The van der Waals surface area contributed by atoms with Crippen LogP contribution in [0.1, 0.15) is 23.0 Å². The Morgan fingerprint density at radius 3 is 2.59 bits per heavy atom. The minimum absolute atomic E-state index is 0.285. The Hall–Kier alpha value is -4.46. The van der Waals surface area contributed by atoms with Crippen LogP contribution < -0.4 is 14.9 Å². The topological polar surface area (TPSA) is 106 Å². The van der Waals surface area contributed by atoms with E-state index in [0.29, 0.717) is 22.8 Å². The molecule has 3 aromatic carbocycles. The van der Waals surface area contributed by atoms with Crippen molar-refractivity contribution in [3.05, 3.63) is 78.0 Å². The van der Waals surface area contributed by atoms with Gasteiger partial charge in [-0.2, -0.15) is 10.2 Å². The predicted molar refractivity (Wildman–Crippen MR) is 121 cm³/mol. The molecule has 1 amide bonds. The summed E-state index contributed by atoms with van der Waals surface area (Å²) in [5, 5.41) is 13.2. The van der Waals surface area contributed by atoms with Gasteiger partial charge in [0.15, 0.2) is 11.5 Å². The molecule has 0 radical (unpaired) electrons. The SMILES string of the molecule is COc1cc(/C=N/NC(=O)c2cc(-c3ccc4ccccc4c3)n[nH]2)ccc1OC(C)=O. The van der Waals surface area contributed by atoms with Gasteiger partial charge in [0.25, 0.3) is 5.91 Å². The first-order valence-electron chi connectivity index (χ1n) is 9.78. The molecule has 0 aliphatic carbocycles. The Labute approximate surface area is 183 Å². The Kier molecular flexibility index (Phi) is 5.94. The standard InChI is InChI=1S/C24H20N4O4/c1-15(29)32-22-10-7-16(11-23(22)31-2)14-25-28-24(30)21-13-20(26-27-21)19-9-8-17-5-3-4-6-18(17)12-19/h3-14H,1-2H3,(H,26,27)(H,28,30)/b25-14+. The number of nitrogens with zero attached hydrogens (tertiary/aromatic N) is 2. The Morgan fingerprint density at radius 1 is 1.00 bits per heavy atom. The Balaban J connectivity index is 1.44. The van der Waals surface area contributed by atoms with E-state index in [-0.39, 0.29) is 5.69 Å². The average Bonchev–Trinajstić information content (AvgIpc) is 3.30. The lowest BCUT2D eigenvalue weighted by atomic mass is 10.1. The minimum atomic E-state index is -0.445. The van der Waals surface area contributed by atoms with Gasteiger partial charge in [0.1, 0.15) is 5.69 Å². The highest BCUT2D eigenvalue weighted by molar-refractivity contribution is 5.94. The number of ether oxygens (including phenoxy) is 2. The summed E-state index contributed by atoms with van der Waals surface area (Å²) in [6, 6.07) is 20.6. The quantitative estimate of drug-likeness (QED) is 0.210. The van der Waals surface area contributed by atoms with Gasteiger partial charge in [-0.05, 0) is 46.7 Å².